The number of hydrogen-bond acceptors (Lipinski definition) is 5. The third-order valence-corrected chi connectivity index (χ3v) is 5.11. The molecule has 1 aliphatic rings. The van der Waals surface area contributed by atoms with Gasteiger partial charge in [-0.1, -0.05) is 24.3 Å². The number of furan rings is 1. The molecule has 1 unspecified atom stereocenters. The molecule has 6 heteroatoms. The molecular formula is C24H21NO5. The van der Waals surface area contributed by atoms with Crippen molar-refractivity contribution in [2.75, 3.05) is 11.5 Å². The van der Waals surface area contributed by atoms with Crippen LogP contribution >= 0.6 is 0 Å². The van der Waals surface area contributed by atoms with Crippen LogP contribution in [0.15, 0.2) is 82.7 Å². The van der Waals surface area contributed by atoms with E-state index in [4.69, 9.17) is 9.15 Å². The second-order valence-corrected chi connectivity index (χ2v) is 6.93. The molecule has 4 rings (SSSR count). The maximum absolute atomic E-state index is 13.2. The van der Waals surface area contributed by atoms with E-state index in [-0.39, 0.29) is 11.3 Å². The van der Waals surface area contributed by atoms with Gasteiger partial charge in [0.2, 0.25) is 5.78 Å². The van der Waals surface area contributed by atoms with Crippen LogP contribution in [-0.4, -0.2) is 23.4 Å². The van der Waals surface area contributed by atoms with E-state index >= 15 is 0 Å². The Balaban J connectivity index is 1.85. The van der Waals surface area contributed by atoms with E-state index in [1.165, 1.54) is 17.2 Å². The second kappa shape index (κ2) is 7.91. The maximum atomic E-state index is 13.2. The molecule has 0 radical (unpaired) electrons. The summed E-state index contributed by atoms with van der Waals surface area (Å²) in [5.41, 5.74) is 2.19. The Morgan fingerprint density at radius 2 is 1.83 bits per heavy atom. The molecule has 3 aromatic rings. The fraction of sp³-hybridized carbons (Fsp3) is 0.167. The van der Waals surface area contributed by atoms with E-state index in [2.05, 4.69) is 0 Å². The van der Waals surface area contributed by atoms with Crippen molar-refractivity contribution in [1.82, 2.24) is 0 Å². The number of hydrogen-bond donors (Lipinski definition) is 1. The van der Waals surface area contributed by atoms with E-state index in [1.54, 1.807) is 30.3 Å². The molecular weight excluding hydrogens is 382 g/mol. The Labute approximate surface area is 174 Å². The van der Waals surface area contributed by atoms with Crippen molar-refractivity contribution < 1.29 is 23.8 Å². The molecule has 30 heavy (non-hydrogen) atoms. The molecule has 1 atom stereocenters. The quantitative estimate of drug-likeness (QED) is 0.600. The lowest BCUT2D eigenvalue weighted by atomic mass is 9.92. The molecule has 1 aromatic heterocycles. The monoisotopic (exact) mass is 403 g/mol. The van der Waals surface area contributed by atoms with Crippen LogP contribution in [0.25, 0.3) is 0 Å². The van der Waals surface area contributed by atoms with Gasteiger partial charge in [0, 0.05) is 5.69 Å². The van der Waals surface area contributed by atoms with Gasteiger partial charge in [-0.3, -0.25) is 14.5 Å². The highest BCUT2D eigenvalue weighted by Crippen LogP contribution is 2.43. The van der Waals surface area contributed by atoms with Crippen LogP contribution < -0.4 is 9.64 Å². The summed E-state index contributed by atoms with van der Waals surface area (Å²) in [6, 6.07) is 16.8. The van der Waals surface area contributed by atoms with Gasteiger partial charge in [0.15, 0.2) is 11.5 Å². The first-order valence-corrected chi connectivity index (χ1v) is 9.66. The lowest BCUT2D eigenvalue weighted by Gasteiger charge is -2.28. The number of carbonyl (C=O) groups excluding carboxylic acids is 2. The topological polar surface area (TPSA) is 80.0 Å². The van der Waals surface area contributed by atoms with Crippen LogP contribution in [-0.2, 0) is 4.79 Å². The molecule has 1 aliphatic heterocycles. The van der Waals surface area contributed by atoms with Crippen molar-refractivity contribution in [1.29, 1.82) is 0 Å². The standard InChI is InChI=1S/C24H21NO5/c1-3-29-17-12-10-16(11-13-17)25-21(18-8-5-4-7-15(18)2)20(23(27)24(25)28)22(26)19-9-6-14-30-19/h4-14,21,27H,3H2,1-2H3. The fourth-order valence-electron chi connectivity index (χ4n) is 3.70. The highest BCUT2D eigenvalue weighted by Gasteiger charge is 2.45. The van der Waals surface area contributed by atoms with Crippen LogP contribution in [0, 0.1) is 6.92 Å². The Hall–Kier alpha value is -3.80. The summed E-state index contributed by atoms with van der Waals surface area (Å²) >= 11 is 0. The van der Waals surface area contributed by atoms with Gasteiger partial charge in [0.1, 0.15) is 5.75 Å². The first-order chi connectivity index (χ1) is 14.5. The minimum Gasteiger partial charge on any atom is -0.503 e. The summed E-state index contributed by atoms with van der Waals surface area (Å²) < 4.78 is 10.7. The minimum absolute atomic E-state index is 0.00173. The normalized spacial score (nSPS) is 16.3. The number of rotatable bonds is 6. The number of aliphatic hydroxyl groups is 1. The van der Waals surface area contributed by atoms with Crippen molar-refractivity contribution in [3.63, 3.8) is 0 Å². The van der Waals surface area contributed by atoms with Crippen molar-refractivity contribution in [2.24, 2.45) is 0 Å². The van der Waals surface area contributed by atoms with Crippen LogP contribution in [0.3, 0.4) is 0 Å². The largest absolute Gasteiger partial charge is 0.503 e. The average molecular weight is 403 g/mol. The van der Waals surface area contributed by atoms with Gasteiger partial charge in [-0.2, -0.15) is 0 Å². The Morgan fingerprint density at radius 3 is 2.47 bits per heavy atom. The Morgan fingerprint density at radius 1 is 1.10 bits per heavy atom. The van der Waals surface area contributed by atoms with E-state index in [1.807, 2.05) is 38.1 Å². The van der Waals surface area contributed by atoms with Crippen LogP contribution in [0.5, 0.6) is 5.75 Å². The number of anilines is 1. The predicted molar refractivity (Wildman–Crippen MR) is 112 cm³/mol. The van der Waals surface area contributed by atoms with Gasteiger partial charge in [0.25, 0.3) is 5.91 Å². The second-order valence-electron chi connectivity index (χ2n) is 6.93. The van der Waals surface area contributed by atoms with Gasteiger partial charge in [-0.25, -0.2) is 0 Å². The zero-order chi connectivity index (χ0) is 21.3. The van der Waals surface area contributed by atoms with Crippen molar-refractivity contribution in [3.05, 3.63) is 95.1 Å². The average Bonchev–Trinajstić information content (AvgIpc) is 3.37. The molecule has 1 N–H and O–H groups in total. The van der Waals surface area contributed by atoms with Crippen molar-refractivity contribution in [2.45, 2.75) is 19.9 Å². The summed E-state index contributed by atoms with van der Waals surface area (Å²) in [4.78, 5) is 27.7. The van der Waals surface area contributed by atoms with Crippen LogP contribution in [0.4, 0.5) is 5.69 Å². The smallest absolute Gasteiger partial charge is 0.294 e. The zero-order valence-corrected chi connectivity index (χ0v) is 16.7. The number of amides is 1. The summed E-state index contributed by atoms with van der Waals surface area (Å²) in [5.74, 6) is -0.991. The van der Waals surface area contributed by atoms with E-state index in [0.29, 0.717) is 18.0 Å². The van der Waals surface area contributed by atoms with E-state index in [0.717, 1.165) is 11.1 Å². The van der Waals surface area contributed by atoms with Gasteiger partial charge >= 0.3 is 0 Å². The number of carbonyl (C=O) groups is 2. The van der Waals surface area contributed by atoms with Gasteiger partial charge < -0.3 is 14.3 Å². The Kier molecular flexibility index (Phi) is 5.14. The molecule has 0 saturated carbocycles. The predicted octanol–water partition coefficient (Wildman–Crippen LogP) is 4.77. The lowest BCUT2D eigenvalue weighted by molar-refractivity contribution is -0.117. The highest BCUT2D eigenvalue weighted by molar-refractivity contribution is 6.20. The summed E-state index contributed by atoms with van der Waals surface area (Å²) in [5, 5.41) is 10.7. The van der Waals surface area contributed by atoms with Gasteiger partial charge in [-0.05, 0) is 61.4 Å². The number of nitrogens with zero attached hydrogens (tertiary/aromatic N) is 1. The minimum atomic E-state index is -0.783. The lowest BCUT2D eigenvalue weighted by Crippen LogP contribution is -2.31. The third kappa shape index (κ3) is 3.26. The first kappa shape index (κ1) is 19.5. The third-order valence-electron chi connectivity index (χ3n) is 5.11. The van der Waals surface area contributed by atoms with Gasteiger partial charge in [-0.15, -0.1) is 0 Å². The van der Waals surface area contributed by atoms with Crippen molar-refractivity contribution >= 4 is 17.4 Å². The SMILES string of the molecule is CCOc1ccc(N2C(=O)C(O)=C(C(=O)c3ccco3)C2c2ccccc2C)cc1. The van der Waals surface area contributed by atoms with Crippen LogP contribution in [0.1, 0.15) is 34.6 Å². The molecule has 2 heterocycles. The number of aliphatic hydroxyl groups excluding tert-OH is 1. The molecule has 0 fully saturated rings. The number of ether oxygens (including phenoxy) is 1. The summed E-state index contributed by atoms with van der Waals surface area (Å²) in [6.45, 7) is 4.32. The number of aryl methyl sites for hydroxylation is 1. The zero-order valence-electron chi connectivity index (χ0n) is 16.7. The van der Waals surface area contributed by atoms with E-state index in [9.17, 15) is 14.7 Å². The number of ketones is 1. The maximum Gasteiger partial charge on any atom is 0.294 e. The Bertz CT molecular complexity index is 1110. The molecule has 152 valence electrons. The number of Topliss-reactive ketones (excluding diaryl/α,β-unsaturated/α-hetero) is 1. The summed E-state index contributed by atoms with van der Waals surface area (Å²) in [6.07, 6.45) is 1.38. The molecule has 0 saturated heterocycles. The highest BCUT2D eigenvalue weighted by atomic mass is 16.5. The number of benzene rings is 2. The molecule has 0 spiro atoms. The molecule has 2 aromatic carbocycles. The molecule has 1 amide bonds. The summed E-state index contributed by atoms with van der Waals surface area (Å²) in [7, 11) is 0. The van der Waals surface area contributed by atoms with Crippen molar-refractivity contribution in [3.8, 4) is 5.75 Å². The fourth-order valence-corrected chi connectivity index (χ4v) is 3.70. The molecule has 6 nitrogen and oxygen atoms in total. The molecule has 0 bridgehead atoms. The first-order valence-electron chi connectivity index (χ1n) is 9.66. The van der Waals surface area contributed by atoms with E-state index < -0.39 is 23.5 Å². The molecule has 0 aliphatic carbocycles. The van der Waals surface area contributed by atoms with Crippen LogP contribution in [0.2, 0.25) is 0 Å². The van der Waals surface area contributed by atoms with Gasteiger partial charge in [0.05, 0.1) is 24.5 Å².